The van der Waals surface area contributed by atoms with Crippen LogP contribution in [0.15, 0.2) is 24.5 Å². The van der Waals surface area contributed by atoms with Crippen LogP contribution in [0.5, 0.6) is 0 Å². The zero-order valence-corrected chi connectivity index (χ0v) is 10.1. The Bertz CT molecular complexity index is 524. The second-order valence-corrected chi connectivity index (χ2v) is 4.36. The summed E-state index contributed by atoms with van der Waals surface area (Å²) in [6.07, 6.45) is 4.10. The highest BCUT2D eigenvalue weighted by molar-refractivity contribution is 7.17. The predicted octanol–water partition coefficient (Wildman–Crippen LogP) is 1.37. The van der Waals surface area contributed by atoms with Gasteiger partial charge in [-0.15, -0.1) is 11.3 Å². The summed E-state index contributed by atoms with van der Waals surface area (Å²) in [4.78, 5) is 20.5. The van der Waals surface area contributed by atoms with E-state index in [1.165, 1.54) is 11.3 Å². The fourth-order valence-electron chi connectivity index (χ4n) is 1.45. The number of thiazole rings is 1. The molecule has 0 aliphatic carbocycles. The molecule has 3 N–H and O–H groups in total. The molecule has 0 unspecified atom stereocenters. The van der Waals surface area contributed by atoms with E-state index in [0.29, 0.717) is 11.3 Å². The fraction of sp³-hybridized carbons (Fsp3) is 0.182. The van der Waals surface area contributed by atoms with E-state index in [1.807, 2.05) is 19.1 Å². The first-order valence-corrected chi connectivity index (χ1v) is 5.99. The number of aryl methyl sites for hydroxylation is 1. The second-order valence-electron chi connectivity index (χ2n) is 3.36. The number of nitrogens with one attached hydrogen (secondary N) is 1. The first-order chi connectivity index (χ1) is 8.26. The predicted molar refractivity (Wildman–Crippen MR) is 66.4 cm³/mol. The first-order valence-electron chi connectivity index (χ1n) is 5.17. The van der Waals surface area contributed by atoms with Gasteiger partial charge in [-0.3, -0.25) is 15.2 Å². The molecule has 0 fully saturated rings. The highest BCUT2D eigenvalue weighted by Gasteiger charge is 2.16. The lowest BCUT2D eigenvalue weighted by Crippen LogP contribution is -2.29. The van der Waals surface area contributed by atoms with Crippen LogP contribution in [0, 0.1) is 0 Å². The van der Waals surface area contributed by atoms with E-state index in [9.17, 15) is 4.79 Å². The fourth-order valence-corrected chi connectivity index (χ4v) is 2.51. The lowest BCUT2D eigenvalue weighted by atomic mass is 10.2. The third kappa shape index (κ3) is 2.32. The van der Waals surface area contributed by atoms with Crippen molar-refractivity contribution in [2.75, 3.05) is 0 Å². The largest absolute Gasteiger partial charge is 0.289 e. The monoisotopic (exact) mass is 248 g/mol. The van der Waals surface area contributed by atoms with Gasteiger partial charge >= 0.3 is 0 Å². The summed E-state index contributed by atoms with van der Waals surface area (Å²) in [5.74, 6) is 4.85. The van der Waals surface area contributed by atoms with E-state index in [2.05, 4.69) is 15.4 Å². The number of hydrazine groups is 1. The number of aromatic nitrogens is 2. The van der Waals surface area contributed by atoms with E-state index in [-0.39, 0.29) is 5.91 Å². The van der Waals surface area contributed by atoms with Gasteiger partial charge in [-0.05, 0) is 18.6 Å². The molecule has 0 aliphatic rings. The molecule has 0 atom stereocenters. The number of nitrogens with two attached hydrogens (primary N) is 1. The van der Waals surface area contributed by atoms with Gasteiger partial charge < -0.3 is 0 Å². The maximum atomic E-state index is 11.6. The number of rotatable bonds is 3. The molecule has 0 radical (unpaired) electrons. The molecule has 17 heavy (non-hydrogen) atoms. The maximum Gasteiger partial charge on any atom is 0.277 e. The number of hydrogen-bond donors (Lipinski definition) is 2. The van der Waals surface area contributed by atoms with Crippen LogP contribution >= 0.6 is 11.3 Å². The standard InChI is InChI=1S/C11H12N4OS/c1-2-8-9(10(16)15-12)17-11(14-8)7-3-5-13-6-4-7/h3-6H,2,12H2,1H3,(H,15,16). The zero-order valence-electron chi connectivity index (χ0n) is 9.30. The quantitative estimate of drug-likeness (QED) is 0.488. The zero-order chi connectivity index (χ0) is 12.3. The third-order valence-electron chi connectivity index (χ3n) is 2.30. The van der Waals surface area contributed by atoms with Crippen LogP contribution in [-0.4, -0.2) is 15.9 Å². The number of nitrogens with zero attached hydrogens (tertiary/aromatic N) is 2. The number of pyridine rings is 1. The Morgan fingerprint density at radius 2 is 2.18 bits per heavy atom. The van der Waals surface area contributed by atoms with Crippen LogP contribution in [0.4, 0.5) is 0 Å². The molecule has 0 saturated heterocycles. The Morgan fingerprint density at radius 3 is 2.76 bits per heavy atom. The van der Waals surface area contributed by atoms with E-state index in [1.54, 1.807) is 12.4 Å². The van der Waals surface area contributed by atoms with Crippen LogP contribution in [0.1, 0.15) is 22.3 Å². The van der Waals surface area contributed by atoms with Crippen LogP contribution < -0.4 is 11.3 Å². The lowest BCUT2D eigenvalue weighted by Gasteiger charge is -1.95. The van der Waals surface area contributed by atoms with Crippen molar-refractivity contribution in [1.82, 2.24) is 15.4 Å². The summed E-state index contributed by atoms with van der Waals surface area (Å²) in [5.41, 5.74) is 3.86. The minimum absolute atomic E-state index is 0.292. The summed E-state index contributed by atoms with van der Waals surface area (Å²) in [6, 6.07) is 3.73. The Hall–Kier alpha value is -1.79. The maximum absolute atomic E-state index is 11.6. The third-order valence-corrected chi connectivity index (χ3v) is 3.44. The molecule has 0 aromatic carbocycles. The summed E-state index contributed by atoms with van der Waals surface area (Å²) in [7, 11) is 0. The molecule has 2 heterocycles. The molecule has 1 amide bonds. The molecule has 0 bridgehead atoms. The van der Waals surface area contributed by atoms with Crippen molar-refractivity contribution in [2.24, 2.45) is 5.84 Å². The molecule has 6 heteroatoms. The van der Waals surface area contributed by atoms with Crippen LogP contribution in [0.2, 0.25) is 0 Å². The summed E-state index contributed by atoms with van der Waals surface area (Å²) < 4.78 is 0. The molecule has 0 saturated carbocycles. The van der Waals surface area contributed by atoms with Gasteiger partial charge in [0.05, 0.1) is 5.69 Å². The molecule has 2 rings (SSSR count). The molecule has 5 nitrogen and oxygen atoms in total. The number of hydrogen-bond acceptors (Lipinski definition) is 5. The van der Waals surface area contributed by atoms with Crippen molar-refractivity contribution in [2.45, 2.75) is 13.3 Å². The average molecular weight is 248 g/mol. The molecular weight excluding hydrogens is 236 g/mol. The van der Waals surface area contributed by atoms with E-state index in [0.717, 1.165) is 16.3 Å². The average Bonchev–Trinajstić information content (AvgIpc) is 2.83. The normalized spacial score (nSPS) is 10.2. The van der Waals surface area contributed by atoms with Gasteiger partial charge in [0.25, 0.3) is 5.91 Å². The van der Waals surface area contributed by atoms with E-state index >= 15 is 0 Å². The number of carbonyl (C=O) groups excluding carboxylic acids is 1. The SMILES string of the molecule is CCc1nc(-c2ccncc2)sc1C(=O)NN. The highest BCUT2D eigenvalue weighted by Crippen LogP contribution is 2.27. The molecule has 0 spiro atoms. The molecule has 2 aromatic heterocycles. The van der Waals surface area contributed by atoms with Gasteiger partial charge in [0, 0.05) is 18.0 Å². The van der Waals surface area contributed by atoms with Gasteiger partial charge in [0.15, 0.2) is 0 Å². The van der Waals surface area contributed by atoms with Crippen molar-refractivity contribution in [3.05, 3.63) is 35.1 Å². The topological polar surface area (TPSA) is 80.9 Å². The van der Waals surface area contributed by atoms with Crippen LogP contribution in [-0.2, 0) is 6.42 Å². The Morgan fingerprint density at radius 1 is 1.47 bits per heavy atom. The lowest BCUT2D eigenvalue weighted by molar-refractivity contribution is 0.0956. The van der Waals surface area contributed by atoms with Gasteiger partial charge in [-0.1, -0.05) is 6.92 Å². The van der Waals surface area contributed by atoms with Crippen LogP contribution in [0.3, 0.4) is 0 Å². The van der Waals surface area contributed by atoms with Crippen molar-refractivity contribution in [3.63, 3.8) is 0 Å². The van der Waals surface area contributed by atoms with E-state index < -0.39 is 0 Å². The van der Waals surface area contributed by atoms with Gasteiger partial charge in [0.1, 0.15) is 9.88 Å². The number of nitrogen functional groups attached to an aromatic ring is 1. The van der Waals surface area contributed by atoms with E-state index in [4.69, 9.17) is 5.84 Å². The smallest absolute Gasteiger partial charge is 0.277 e. The molecule has 88 valence electrons. The summed E-state index contributed by atoms with van der Waals surface area (Å²) >= 11 is 1.34. The van der Waals surface area contributed by atoms with Crippen molar-refractivity contribution < 1.29 is 4.79 Å². The highest BCUT2D eigenvalue weighted by atomic mass is 32.1. The van der Waals surface area contributed by atoms with Gasteiger partial charge in [0.2, 0.25) is 0 Å². The summed E-state index contributed by atoms with van der Waals surface area (Å²) in [5, 5.41) is 0.808. The minimum Gasteiger partial charge on any atom is -0.289 e. The number of amides is 1. The second kappa shape index (κ2) is 5.03. The Labute approximate surface area is 103 Å². The Kier molecular flexibility index (Phi) is 3.46. The van der Waals surface area contributed by atoms with Crippen molar-refractivity contribution in [3.8, 4) is 10.6 Å². The minimum atomic E-state index is -0.292. The van der Waals surface area contributed by atoms with Gasteiger partial charge in [-0.2, -0.15) is 0 Å². The molecular formula is C11H12N4OS. The van der Waals surface area contributed by atoms with Crippen LogP contribution in [0.25, 0.3) is 10.6 Å². The number of carbonyl (C=O) groups is 1. The first kappa shape index (κ1) is 11.7. The summed E-state index contributed by atoms with van der Waals surface area (Å²) in [6.45, 7) is 1.96. The van der Waals surface area contributed by atoms with Crippen molar-refractivity contribution in [1.29, 1.82) is 0 Å². The molecule has 2 aromatic rings. The Balaban J connectivity index is 2.45. The van der Waals surface area contributed by atoms with Gasteiger partial charge in [-0.25, -0.2) is 10.8 Å². The van der Waals surface area contributed by atoms with Crippen molar-refractivity contribution >= 4 is 17.2 Å². The molecule has 0 aliphatic heterocycles.